The minimum Gasteiger partial charge on any atom is -0.379 e. The smallest absolute Gasteiger partial charge is 0.0594 e. The van der Waals surface area contributed by atoms with E-state index in [1.807, 2.05) is 0 Å². The Morgan fingerprint density at radius 2 is 2.18 bits per heavy atom. The second-order valence-electron chi connectivity index (χ2n) is 5.14. The molecule has 0 aromatic rings. The number of hydrogen-bond acceptors (Lipinski definition) is 4. The third-order valence-corrected chi connectivity index (χ3v) is 3.92. The molecule has 0 amide bonds. The van der Waals surface area contributed by atoms with E-state index in [1.54, 1.807) is 0 Å². The molecular weight excluding hydrogens is 214 g/mol. The number of likely N-dealkylation sites (N-methyl/N-ethyl adjacent to an activating group) is 1. The van der Waals surface area contributed by atoms with Gasteiger partial charge in [-0.1, -0.05) is 6.92 Å². The van der Waals surface area contributed by atoms with Gasteiger partial charge in [0.15, 0.2) is 0 Å². The Kier molecular flexibility index (Phi) is 5.71. The Morgan fingerprint density at radius 1 is 1.35 bits per heavy atom. The molecule has 0 saturated carbocycles. The zero-order chi connectivity index (χ0) is 11.9. The minimum atomic E-state index is 0.736. The largest absolute Gasteiger partial charge is 0.379 e. The fourth-order valence-electron chi connectivity index (χ4n) is 2.71. The summed E-state index contributed by atoms with van der Waals surface area (Å²) in [6, 6.07) is 0.736. The van der Waals surface area contributed by atoms with Crippen molar-refractivity contribution in [1.29, 1.82) is 0 Å². The highest BCUT2D eigenvalue weighted by atomic mass is 16.5. The second kappa shape index (κ2) is 7.31. The summed E-state index contributed by atoms with van der Waals surface area (Å²) in [5.74, 6) is 0. The first kappa shape index (κ1) is 13.3. The molecular formula is C13H27N3O. The van der Waals surface area contributed by atoms with E-state index in [-0.39, 0.29) is 0 Å². The quantitative estimate of drug-likeness (QED) is 0.728. The van der Waals surface area contributed by atoms with E-state index in [0.29, 0.717) is 0 Å². The SMILES string of the molecule is CCN(CCN1CCOCC1)CC1CCCN1. The van der Waals surface area contributed by atoms with Gasteiger partial charge in [-0.15, -0.1) is 0 Å². The summed E-state index contributed by atoms with van der Waals surface area (Å²) in [6.45, 7) is 12.3. The predicted molar refractivity (Wildman–Crippen MR) is 70.4 cm³/mol. The summed E-state index contributed by atoms with van der Waals surface area (Å²) in [5.41, 5.74) is 0. The topological polar surface area (TPSA) is 27.7 Å². The summed E-state index contributed by atoms with van der Waals surface area (Å²) in [5, 5.41) is 3.58. The maximum absolute atomic E-state index is 5.38. The van der Waals surface area contributed by atoms with E-state index in [4.69, 9.17) is 4.74 Å². The van der Waals surface area contributed by atoms with Gasteiger partial charge in [0, 0.05) is 38.8 Å². The maximum atomic E-state index is 5.38. The number of nitrogens with one attached hydrogen (secondary N) is 1. The van der Waals surface area contributed by atoms with E-state index in [1.165, 1.54) is 45.6 Å². The van der Waals surface area contributed by atoms with Gasteiger partial charge in [0.25, 0.3) is 0 Å². The monoisotopic (exact) mass is 241 g/mol. The Bertz CT molecular complexity index is 201. The van der Waals surface area contributed by atoms with Gasteiger partial charge in [-0.2, -0.15) is 0 Å². The number of rotatable bonds is 6. The fourth-order valence-corrected chi connectivity index (χ4v) is 2.71. The van der Waals surface area contributed by atoms with Gasteiger partial charge in [0.2, 0.25) is 0 Å². The summed E-state index contributed by atoms with van der Waals surface area (Å²) in [6.07, 6.45) is 2.71. The summed E-state index contributed by atoms with van der Waals surface area (Å²) < 4.78 is 5.38. The van der Waals surface area contributed by atoms with Crippen LogP contribution in [0.15, 0.2) is 0 Å². The molecule has 4 heteroatoms. The predicted octanol–water partition coefficient (Wildman–Crippen LogP) is 0.393. The van der Waals surface area contributed by atoms with E-state index in [2.05, 4.69) is 22.0 Å². The first-order valence-electron chi connectivity index (χ1n) is 7.14. The molecule has 0 bridgehead atoms. The molecule has 2 rings (SSSR count). The zero-order valence-electron chi connectivity index (χ0n) is 11.2. The van der Waals surface area contributed by atoms with Gasteiger partial charge in [-0.3, -0.25) is 4.90 Å². The standard InChI is InChI=1S/C13H27N3O/c1-2-15(12-13-4-3-5-14-13)6-7-16-8-10-17-11-9-16/h13-14H,2-12H2,1H3. The second-order valence-corrected chi connectivity index (χ2v) is 5.14. The number of morpholine rings is 1. The Labute approximate surface area is 105 Å². The fraction of sp³-hybridized carbons (Fsp3) is 1.00. The van der Waals surface area contributed by atoms with E-state index >= 15 is 0 Å². The highest BCUT2D eigenvalue weighted by Gasteiger charge is 2.18. The van der Waals surface area contributed by atoms with Crippen LogP contribution in [0.4, 0.5) is 0 Å². The molecule has 0 radical (unpaired) electrons. The summed E-state index contributed by atoms with van der Waals surface area (Å²) in [4.78, 5) is 5.10. The lowest BCUT2D eigenvalue weighted by Crippen LogP contribution is -2.44. The van der Waals surface area contributed by atoms with Crippen molar-refractivity contribution in [3.8, 4) is 0 Å². The highest BCUT2D eigenvalue weighted by Crippen LogP contribution is 2.07. The van der Waals surface area contributed by atoms with E-state index < -0.39 is 0 Å². The van der Waals surface area contributed by atoms with Crippen LogP contribution in [0.5, 0.6) is 0 Å². The van der Waals surface area contributed by atoms with Crippen LogP contribution in [-0.4, -0.2) is 74.9 Å². The molecule has 0 spiro atoms. The van der Waals surface area contributed by atoms with Crippen molar-refractivity contribution >= 4 is 0 Å². The molecule has 0 aliphatic carbocycles. The molecule has 2 heterocycles. The molecule has 4 nitrogen and oxygen atoms in total. The highest BCUT2D eigenvalue weighted by molar-refractivity contribution is 4.78. The average Bonchev–Trinajstić information content (AvgIpc) is 2.88. The van der Waals surface area contributed by atoms with Crippen LogP contribution >= 0.6 is 0 Å². The van der Waals surface area contributed by atoms with Gasteiger partial charge >= 0.3 is 0 Å². The molecule has 1 atom stereocenters. The molecule has 17 heavy (non-hydrogen) atoms. The maximum Gasteiger partial charge on any atom is 0.0594 e. The van der Waals surface area contributed by atoms with Crippen molar-refractivity contribution in [3.63, 3.8) is 0 Å². The van der Waals surface area contributed by atoms with Crippen LogP contribution in [0.2, 0.25) is 0 Å². The third kappa shape index (κ3) is 4.54. The Morgan fingerprint density at radius 3 is 2.82 bits per heavy atom. The minimum absolute atomic E-state index is 0.736. The molecule has 1 N–H and O–H groups in total. The van der Waals surface area contributed by atoms with Crippen LogP contribution in [0.25, 0.3) is 0 Å². The first-order valence-corrected chi connectivity index (χ1v) is 7.14. The molecule has 2 fully saturated rings. The van der Waals surface area contributed by atoms with Crippen LogP contribution < -0.4 is 5.32 Å². The number of nitrogens with zero attached hydrogens (tertiary/aromatic N) is 2. The lowest BCUT2D eigenvalue weighted by atomic mass is 10.2. The number of hydrogen-bond donors (Lipinski definition) is 1. The molecule has 2 aliphatic heterocycles. The molecule has 2 saturated heterocycles. The van der Waals surface area contributed by atoms with Gasteiger partial charge in [-0.05, 0) is 25.9 Å². The van der Waals surface area contributed by atoms with Gasteiger partial charge in [0.05, 0.1) is 13.2 Å². The van der Waals surface area contributed by atoms with Crippen LogP contribution in [0, 0.1) is 0 Å². The van der Waals surface area contributed by atoms with Crippen molar-refractivity contribution in [2.24, 2.45) is 0 Å². The lowest BCUT2D eigenvalue weighted by molar-refractivity contribution is 0.0332. The van der Waals surface area contributed by atoms with Crippen LogP contribution in [0.1, 0.15) is 19.8 Å². The van der Waals surface area contributed by atoms with Crippen LogP contribution in [-0.2, 0) is 4.74 Å². The van der Waals surface area contributed by atoms with Crippen molar-refractivity contribution in [2.45, 2.75) is 25.8 Å². The normalized spacial score (nSPS) is 26.8. The molecule has 0 aromatic heterocycles. The van der Waals surface area contributed by atoms with E-state index in [0.717, 1.165) is 32.3 Å². The lowest BCUT2D eigenvalue weighted by Gasteiger charge is -2.30. The van der Waals surface area contributed by atoms with Gasteiger partial charge < -0.3 is 15.0 Å². The van der Waals surface area contributed by atoms with Crippen LogP contribution in [0.3, 0.4) is 0 Å². The Hall–Kier alpha value is -0.160. The van der Waals surface area contributed by atoms with Crippen molar-refractivity contribution in [3.05, 3.63) is 0 Å². The van der Waals surface area contributed by atoms with Gasteiger partial charge in [-0.25, -0.2) is 0 Å². The van der Waals surface area contributed by atoms with Crippen molar-refractivity contribution < 1.29 is 4.74 Å². The first-order chi connectivity index (χ1) is 8.38. The average molecular weight is 241 g/mol. The zero-order valence-corrected chi connectivity index (χ0v) is 11.2. The number of ether oxygens (including phenoxy) is 1. The third-order valence-electron chi connectivity index (χ3n) is 3.92. The summed E-state index contributed by atoms with van der Waals surface area (Å²) >= 11 is 0. The molecule has 100 valence electrons. The molecule has 0 aromatic carbocycles. The van der Waals surface area contributed by atoms with Crippen molar-refractivity contribution in [1.82, 2.24) is 15.1 Å². The van der Waals surface area contributed by atoms with E-state index in [9.17, 15) is 0 Å². The Balaban J connectivity index is 1.63. The summed E-state index contributed by atoms with van der Waals surface area (Å²) in [7, 11) is 0. The molecule has 2 aliphatic rings. The van der Waals surface area contributed by atoms with Crippen molar-refractivity contribution in [2.75, 3.05) is 59.0 Å². The molecule has 1 unspecified atom stereocenters. The van der Waals surface area contributed by atoms with Gasteiger partial charge in [0.1, 0.15) is 0 Å².